The standard InChI is InChI=1S/C28H35N3O4/c1-28(2,3)21-9-5-19(6-10-21)24-23(25(32)20-7-11-22(35-4)12-8-20)26(33)27(34)31(24)18-17-30-15-13-29-14-16-30/h5-12,24,29,32H,13-18H2,1-4H3/b25-23+/t24-/m0/s1. The number of ether oxygens (including phenoxy) is 1. The lowest BCUT2D eigenvalue weighted by Crippen LogP contribution is -2.46. The summed E-state index contributed by atoms with van der Waals surface area (Å²) in [7, 11) is 1.57. The van der Waals surface area contributed by atoms with E-state index in [9.17, 15) is 14.7 Å². The van der Waals surface area contributed by atoms with Crippen molar-refractivity contribution in [3.63, 3.8) is 0 Å². The first-order chi connectivity index (χ1) is 16.7. The Balaban J connectivity index is 1.74. The number of nitrogens with one attached hydrogen (secondary N) is 1. The number of carbonyl (C=O) groups is 2. The maximum atomic E-state index is 13.3. The molecule has 7 heteroatoms. The molecule has 1 amide bonds. The molecule has 0 aromatic heterocycles. The highest BCUT2D eigenvalue weighted by Gasteiger charge is 2.46. The molecule has 186 valence electrons. The maximum absolute atomic E-state index is 13.3. The molecule has 2 aliphatic rings. The number of benzene rings is 2. The van der Waals surface area contributed by atoms with Crippen molar-refractivity contribution in [2.24, 2.45) is 0 Å². The number of rotatable bonds is 6. The number of aliphatic hydroxyl groups is 1. The Bertz CT molecular complexity index is 1090. The van der Waals surface area contributed by atoms with Gasteiger partial charge in [-0.3, -0.25) is 14.5 Å². The number of piperazine rings is 1. The Kier molecular flexibility index (Phi) is 7.28. The van der Waals surface area contributed by atoms with Crippen LogP contribution in [0.2, 0.25) is 0 Å². The first kappa shape index (κ1) is 24.9. The lowest BCUT2D eigenvalue weighted by molar-refractivity contribution is -0.140. The summed E-state index contributed by atoms with van der Waals surface area (Å²) in [5.41, 5.74) is 2.55. The van der Waals surface area contributed by atoms with Gasteiger partial charge in [-0.2, -0.15) is 0 Å². The number of carbonyl (C=O) groups excluding carboxylic acids is 2. The third-order valence-corrected chi connectivity index (χ3v) is 6.86. The number of methoxy groups -OCH3 is 1. The van der Waals surface area contributed by atoms with Crippen LogP contribution in [0.25, 0.3) is 5.76 Å². The molecule has 0 spiro atoms. The molecule has 7 nitrogen and oxygen atoms in total. The van der Waals surface area contributed by atoms with E-state index < -0.39 is 17.7 Å². The number of hydrogen-bond acceptors (Lipinski definition) is 6. The van der Waals surface area contributed by atoms with E-state index in [2.05, 4.69) is 31.0 Å². The Morgan fingerprint density at radius 2 is 1.63 bits per heavy atom. The number of nitrogens with zero attached hydrogens (tertiary/aromatic N) is 2. The summed E-state index contributed by atoms with van der Waals surface area (Å²) in [6.07, 6.45) is 0. The van der Waals surface area contributed by atoms with Crippen molar-refractivity contribution >= 4 is 17.4 Å². The molecule has 1 atom stereocenters. The molecule has 2 saturated heterocycles. The molecule has 0 radical (unpaired) electrons. The lowest BCUT2D eigenvalue weighted by Gasteiger charge is -2.31. The molecule has 2 fully saturated rings. The van der Waals surface area contributed by atoms with Gasteiger partial charge in [0.15, 0.2) is 0 Å². The van der Waals surface area contributed by atoms with Gasteiger partial charge in [0, 0.05) is 44.8 Å². The van der Waals surface area contributed by atoms with Crippen LogP contribution in [0.4, 0.5) is 0 Å². The number of hydrogen-bond donors (Lipinski definition) is 2. The smallest absolute Gasteiger partial charge is 0.295 e. The molecule has 2 heterocycles. The van der Waals surface area contributed by atoms with Crippen molar-refractivity contribution in [3.05, 3.63) is 70.8 Å². The molecule has 2 aromatic carbocycles. The fraction of sp³-hybridized carbons (Fsp3) is 0.429. The van der Waals surface area contributed by atoms with E-state index in [1.807, 2.05) is 24.3 Å². The summed E-state index contributed by atoms with van der Waals surface area (Å²) in [5.74, 6) is -0.739. The summed E-state index contributed by atoms with van der Waals surface area (Å²) >= 11 is 0. The van der Waals surface area contributed by atoms with Crippen LogP contribution in [0.3, 0.4) is 0 Å². The molecule has 0 bridgehead atoms. The van der Waals surface area contributed by atoms with Crippen LogP contribution in [0.5, 0.6) is 5.75 Å². The van der Waals surface area contributed by atoms with E-state index in [0.29, 0.717) is 24.4 Å². The van der Waals surface area contributed by atoms with Gasteiger partial charge in [0.05, 0.1) is 18.7 Å². The average Bonchev–Trinajstić information content (AvgIpc) is 3.12. The van der Waals surface area contributed by atoms with Crippen molar-refractivity contribution in [2.75, 3.05) is 46.4 Å². The van der Waals surface area contributed by atoms with Crippen LogP contribution < -0.4 is 10.1 Å². The van der Waals surface area contributed by atoms with Crippen LogP contribution in [0, 0.1) is 0 Å². The fourth-order valence-electron chi connectivity index (χ4n) is 4.71. The minimum absolute atomic E-state index is 0.0221. The molecule has 0 aliphatic carbocycles. The van der Waals surface area contributed by atoms with Gasteiger partial charge in [0.1, 0.15) is 11.5 Å². The summed E-state index contributed by atoms with van der Waals surface area (Å²) < 4.78 is 5.21. The Hall–Kier alpha value is -3.16. The van der Waals surface area contributed by atoms with Gasteiger partial charge in [0.2, 0.25) is 0 Å². The molecule has 2 N–H and O–H groups in total. The van der Waals surface area contributed by atoms with Gasteiger partial charge >= 0.3 is 0 Å². The van der Waals surface area contributed by atoms with Crippen LogP contribution >= 0.6 is 0 Å². The van der Waals surface area contributed by atoms with Gasteiger partial charge in [-0.15, -0.1) is 0 Å². The quantitative estimate of drug-likeness (QED) is 0.377. The molecular weight excluding hydrogens is 442 g/mol. The van der Waals surface area contributed by atoms with Crippen molar-refractivity contribution in [3.8, 4) is 5.75 Å². The van der Waals surface area contributed by atoms with Crippen molar-refractivity contribution in [1.82, 2.24) is 15.1 Å². The minimum atomic E-state index is -0.650. The van der Waals surface area contributed by atoms with Crippen LogP contribution in [-0.2, 0) is 15.0 Å². The van der Waals surface area contributed by atoms with Crippen molar-refractivity contribution < 1.29 is 19.4 Å². The predicted molar refractivity (Wildman–Crippen MR) is 136 cm³/mol. The average molecular weight is 478 g/mol. The summed E-state index contributed by atoms with van der Waals surface area (Å²) in [4.78, 5) is 30.4. The van der Waals surface area contributed by atoms with Gasteiger partial charge in [-0.05, 0) is 40.8 Å². The minimum Gasteiger partial charge on any atom is -0.507 e. The molecule has 2 aliphatic heterocycles. The SMILES string of the molecule is COc1ccc(/C(O)=C2\C(=O)C(=O)N(CCN3CCNCC3)[C@H]2c2ccc(C(C)(C)C)cc2)cc1. The largest absolute Gasteiger partial charge is 0.507 e. The van der Waals surface area contributed by atoms with Gasteiger partial charge < -0.3 is 20.1 Å². The zero-order chi connectivity index (χ0) is 25.2. The highest BCUT2D eigenvalue weighted by Crippen LogP contribution is 2.40. The lowest BCUT2D eigenvalue weighted by atomic mass is 9.85. The van der Waals surface area contributed by atoms with E-state index in [1.54, 1.807) is 36.3 Å². The van der Waals surface area contributed by atoms with E-state index in [1.165, 1.54) is 0 Å². The second-order valence-corrected chi connectivity index (χ2v) is 10.2. The monoisotopic (exact) mass is 477 g/mol. The first-order valence-electron chi connectivity index (χ1n) is 12.2. The summed E-state index contributed by atoms with van der Waals surface area (Å²) in [5, 5.41) is 14.6. The third kappa shape index (κ3) is 5.26. The van der Waals surface area contributed by atoms with Crippen LogP contribution in [0.1, 0.15) is 43.5 Å². The maximum Gasteiger partial charge on any atom is 0.295 e. The fourth-order valence-corrected chi connectivity index (χ4v) is 4.71. The second-order valence-electron chi connectivity index (χ2n) is 10.2. The normalized spacial score (nSPS) is 20.9. The van der Waals surface area contributed by atoms with Crippen LogP contribution in [0.15, 0.2) is 54.1 Å². The predicted octanol–water partition coefficient (Wildman–Crippen LogP) is 3.32. The number of likely N-dealkylation sites (tertiary alicyclic amines) is 1. The topological polar surface area (TPSA) is 82.1 Å². The third-order valence-electron chi connectivity index (χ3n) is 6.86. The number of aliphatic hydroxyl groups excluding tert-OH is 1. The molecule has 0 saturated carbocycles. The first-order valence-corrected chi connectivity index (χ1v) is 12.2. The zero-order valence-corrected chi connectivity index (χ0v) is 21.0. The van der Waals surface area contributed by atoms with E-state index in [4.69, 9.17) is 4.74 Å². The van der Waals surface area contributed by atoms with E-state index >= 15 is 0 Å². The molecule has 2 aromatic rings. The number of amides is 1. The molecule has 4 rings (SSSR count). The van der Waals surface area contributed by atoms with E-state index in [0.717, 1.165) is 37.3 Å². The summed E-state index contributed by atoms with van der Waals surface area (Å²) in [6, 6.07) is 14.2. The Labute approximate surface area is 207 Å². The highest BCUT2D eigenvalue weighted by molar-refractivity contribution is 6.46. The zero-order valence-electron chi connectivity index (χ0n) is 21.0. The van der Waals surface area contributed by atoms with Crippen molar-refractivity contribution in [1.29, 1.82) is 0 Å². The van der Waals surface area contributed by atoms with Gasteiger partial charge in [-0.1, -0.05) is 45.0 Å². The van der Waals surface area contributed by atoms with Crippen molar-refractivity contribution in [2.45, 2.75) is 32.2 Å². The highest BCUT2D eigenvalue weighted by atomic mass is 16.5. The van der Waals surface area contributed by atoms with Gasteiger partial charge in [0.25, 0.3) is 11.7 Å². The molecule has 35 heavy (non-hydrogen) atoms. The Morgan fingerprint density at radius 1 is 1.00 bits per heavy atom. The van der Waals surface area contributed by atoms with Gasteiger partial charge in [-0.25, -0.2) is 0 Å². The summed E-state index contributed by atoms with van der Waals surface area (Å²) in [6.45, 7) is 11.1. The number of Topliss-reactive ketones (excluding diaryl/α,β-unsaturated/α-hetero) is 1. The Morgan fingerprint density at radius 3 is 2.20 bits per heavy atom. The number of ketones is 1. The molecule has 0 unspecified atom stereocenters. The molecular formula is C28H35N3O4. The van der Waals surface area contributed by atoms with Crippen LogP contribution in [-0.4, -0.2) is 73.0 Å². The van der Waals surface area contributed by atoms with E-state index in [-0.39, 0.29) is 16.7 Å². The second kappa shape index (κ2) is 10.2.